The van der Waals surface area contributed by atoms with E-state index in [0.717, 1.165) is 28.0 Å². The van der Waals surface area contributed by atoms with Crippen molar-refractivity contribution in [1.82, 2.24) is 24.5 Å². The Labute approximate surface area is 172 Å². The number of hydrogen-bond donors (Lipinski definition) is 0. The Morgan fingerprint density at radius 3 is 1.76 bits per heavy atom. The first-order valence-corrected chi connectivity index (χ1v) is 10.1. The average Bonchev–Trinajstić information content (AvgIpc) is 3.31. The van der Waals surface area contributed by atoms with Crippen LogP contribution in [0.3, 0.4) is 0 Å². The van der Waals surface area contributed by atoms with E-state index in [2.05, 4.69) is 71.9 Å². The smallest absolute Gasteiger partial charge is 0.185 e. The molecule has 3 aromatic heterocycles. The molecule has 0 fully saturated rings. The third-order valence-electron chi connectivity index (χ3n) is 5.14. The van der Waals surface area contributed by atoms with Gasteiger partial charge in [-0.05, 0) is 24.3 Å². The third-order valence-corrected chi connectivity index (χ3v) is 5.14. The van der Waals surface area contributed by atoms with Crippen LogP contribution >= 0.6 is 0 Å². The monoisotopic (exact) mass is 387 g/mol. The fraction of sp³-hybridized carbons (Fsp3) is 0.375. The van der Waals surface area contributed by atoms with Gasteiger partial charge < -0.3 is 0 Å². The molecule has 0 aliphatic rings. The van der Waals surface area contributed by atoms with Crippen molar-refractivity contribution in [2.75, 3.05) is 0 Å². The molecule has 0 N–H and O–H groups in total. The van der Waals surface area contributed by atoms with Gasteiger partial charge >= 0.3 is 0 Å². The molecular weight excluding hydrogens is 358 g/mol. The second-order valence-electron chi connectivity index (χ2n) is 9.66. The number of benzene rings is 1. The van der Waals surface area contributed by atoms with Crippen LogP contribution in [0.4, 0.5) is 0 Å². The minimum absolute atomic E-state index is 0.0205. The molecule has 0 unspecified atom stereocenters. The van der Waals surface area contributed by atoms with Crippen LogP contribution in [0.15, 0.2) is 60.9 Å². The molecule has 0 atom stereocenters. The minimum Gasteiger partial charge on any atom is -0.248 e. The van der Waals surface area contributed by atoms with Gasteiger partial charge in [0, 0.05) is 28.6 Å². The molecule has 4 aromatic rings. The van der Waals surface area contributed by atoms with Crippen molar-refractivity contribution in [1.29, 1.82) is 0 Å². The van der Waals surface area contributed by atoms with E-state index < -0.39 is 0 Å². The molecule has 0 saturated carbocycles. The van der Waals surface area contributed by atoms with Crippen LogP contribution in [0, 0.1) is 0 Å². The molecule has 0 saturated heterocycles. The van der Waals surface area contributed by atoms with E-state index in [0.29, 0.717) is 0 Å². The number of para-hydroxylation sites is 1. The number of rotatable bonds is 3. The summed E-state index contributed by atoms with van der Waals surface area (Å²) in [5, 5.41) is 10.9. The van der Waals surface area contributed by atoms with E-state index in [1.807, 2.05) is 40.0 Å². The maximum absolute atomic E-state index is 4.95. The van der Waals surface area contributed by atoms with Crippen molar-refractivity contribution in [3.05, 3.63) is 78.0 Å². The highest BCUT2D eigenvalue weighted by atomic mass is 15.4. The predicted molar refractivity (Wildman–Crippen MR) is 117 cm³/mol. The van der Waals surface area contributed by atoms with E-state index in [-0.39, 0.29) is 17.0 Å². The zero-order valence-corrected chi connectivity index (χ0v) is 18.1. The molecule has 0 bridgehead atoms. The fourth-order valence-electron chi connectivity index (χ4n) is 3.37. The second kappa shape index (κ2) is 6.83. The maximum Gasteiger partial charge on any atom is 0.185 e. The highest BCUT2D eigenvalue weighted by molar-refractivity contribution is 5.78. The van der Waals surface area contributed by atoms with Crippen LogP contribution < -0.4 is 0 Å². The standard InChI is InChI=1S/C24H29N5/c1-23(2,3)20-13-15-28(26-20)22(29-16-14-21(27-29)24(4,5)6)19-12-11-17-9-7-8-10-18(17)25-19/h7-16,22H,1-6H3. The molecule has 0 spiro atoms. The van der Waals surface area contributed by atoms with Crippen molar-refractivity contribution in [3.63, 3.8) is 0 Å². The Hall–Kier alpha value is -2.95. The van der Waals surface area contributed by atoms with E-state index >= 15 is 0 Å². The van der Waals surface area contributed by atoms with Gasteiger partial charge in [0.1, 0.15) is 0 Å². The highest BCUT2D eigenvalue weighted by Gasteiger charge is 2.25. The Morgan fingerprint density at radius 1 is 0.690 bits per heavy atom. The second-order valence-corrected chi connectivity index (χ2v) is 9.66. The number of pyridine rings is 1. The number of hydrogen-bond acceptors (Lipinski definition) is 3. The summed E-state index contributed by atoms with van der Waals surface area (Å²) in [7, 11) is 0. The lowest BCUT2D eigenvalue weighted by atomic mass is 9.93. The molecule has 5 heteroatoms. The highest BCUT2D eigenvalue weighted by Crippen LogP contribution is 2.27. The molecule has 1 aromatic carbocycles. The predicted octanol–water partition coefficient (Wildman–Crippen LogP) is 5.32. The molecule has 29 heavy (non-hydrogen) atoms. The first-order valence-electron chi connectivity index (χ1n) is 10.1. The van der Waals surface area contributed by atoms with Gasteiger partial charge in [-0.3, -0.25) is 0 Å². The van der Waals surface area contributed by atoms with E-state index in [9.17, 15) is 0 Å². The first-order chi connectivity index (χ1) is 13.6. The van der Waals surface area contributed by atoms with Crippen LogP contribution in [0.5, 0.6) is 0 Å². The molecular formula is C24H29N5. The molecule has 5 nitrogen and oxygen atoms in total. The summed E-state index contributed by atoms with van der Waals surface area (Å²) in [6.45, 7) is 13.1. The lowest BCUT2D eigenvalue weighted by molar-refractivity contribution is 0.393. The molecule has 0 radical (unpaired) electrons. The fourth-order valence-corrected chi connectivity index (χ4v) is 3.37. The Morgan fingerprint density at radius 2 is 1.24 bits per heavy atom. The van der Waals surface area contributed by atoms with E-state index in [4.69, 9.17) is 15.2 Å². The summed E-state index contributed by atoms with van der Waals surface area (Å²) in [5.74, 6) is 0. The Bertz CT molecular complexity index is 1090. The van der Waals surface area contributed by atoms with Crippen molar-refractivity contribution in [3.8, 4) is 0 Å². The van der Waals surface area contributed by atoms with Gasteiger partial charge in [-0.25, -0.2) is 14.3 Å². The largest absolute Gasteiger partial charge is 0.248 e. The Balaban J connectivity index is 1.86. The van der Waals surface area contributed by atoms with Gasteiger partial charge in [-0.1, -0.05) is 65.8 Å². The first kappa shape index (κ1) is 19.4. The summed E-state index contributed by atoms with van der Waals surface area (Å²) in [4.78, 5) is 4.95. The number of nitrogens with zero attached hydrogens (tertiary/aromatic N) is 5. The third kappa shape index (κ3) is 3.82. The van der Waals surface area contributed by atoms with Crippen LogP contribution in [0.2, 0.25) is 0 Å². The van der Waals surface area contributed by atoms with Crippen LogP contribution in [-0.2, 0) is 10.8 Å². The van der Waals surface area contributed by atoms with E-state index in [1.54, 1.807) is 0 Å². The molecule has 0 aliphatic carbocycles. The van der Waals surface area contributed by atoms with Crippen LogP contribution in [-0.4, -0.2) is 24.5 Å². The van der Waals surface area contributed by atoms with Gasteiger partial charge in [-0.2, -0.15) is 10.2 Å². The lowest BCUT2D eigenvalue weighted by Gasteiger charge is -2.21. The SMILES string of the molecule is CC(C)(C)c1ccn(C(c2ccc3ccccc3n2)n2ccc(C(C)(C)C)n2)n1. The normalized spacial score (nSPS) is 12.8. The van der Waals surface area contributed by atoms with Crippen molar-refractivity contribution >= 4 is 10.9 Å². The van der Waals surface area contributed by atoms with E-state index in [1.165, 1.54) is 0 Å². The van der Waals surface area contributed by atoms with Crippen LogP contribution in [0.1, 0.15) is 64.8 Å². The molecule has 150 valence electrons. The number of aromatic nitrogens is 5. The average molecular weight is 388 g/mol. The summed E-state index contributed by atoms with van der Waals surface area (Å²) in [5.41, 5.74) is 3.94. The van der Waals surface area contributed by atoms with Crippen molar-refractivity contribution in [2.45, 2.75) is 58.5 Å². The molecule has 0 amide bonds. The topological polar surface area (TPSA) is 48.5 Å². The zero-order chi connectivity index (χ0) is 20.8. The summed E-state index contributed by atoms with van der Waals surface area (Å²) in [6.07, 6.45) is 3.81. The van der Waals surface area contributed by atoms with Gasteiger partial charge in [0.2, 0.25) is 0 Å². The maximum atomic E-state index is 4.95. The summed E-state index contributed by atoms with van der Waals surface area (Å²) < 4.78 is 3.94. The van der Waals surface area contributed by atoms with Crippen molar-refractivity contribution < 1.29 is 0 Å². The zero-order valence-electron chi connectivity index (χ0n) is 18.1. The minimum atomic E-state index is -0.244. The Kier molecular flexibility index (Phi) is 4.56. The number of fused-ring (bicyclic) bond motifs is 1. The van der Waals surface area contributed by atoms with Gasteiger partial charge in [0.25, 0.3) is 0 Å². The van der Waals surface area contributed by atoms with Gasteiger partial charge in [-0.15, -0.1) is 0 Å². The van der Waals surface area contributed by atoms with Crippen LogP contribution in [0.25, 0.3) is 10.9 Å². The summed E-state index contributed by atoms with van der Waals surface area (Å²) >= 11 is 0. The molecule has 0 aliphatic heterocycles. The van der Waals surface area contributed by atoms with Crippen molar-refractivity contribution in [2.24, 2.45) is 0 Å². The molecule has 4 rings (SSSR count). The quantitative estimate of drug-likeness (QED) is 0.478. The lowest BCUT2D eigenvalue weighted by Crippen LogP contribution is -2.24. The van der Waals surface area contributed by atoms with Gasteiger partial charge in [0.05, 0.1) is 22.6 Å². The van der Waals surface area contributed by atoms with Gasteiger partial charge in [0.15, 0.2) is 6.17 Å². The summed E-state index contributed by atoms with van der Waals surface area (Å²) in [6, 6.07) is 16.5. The molecule has 3 heterocycles.